The molecule has 0 atom stereocenters. The Balaban J connectivity index is 2.83. The van der Waals surface area contributed by atoms with Crippen molar-refractivity contribution in [3.05, 3.63) is 29.3 Å². The van der Waals surface area contributed by atoms with Crippen LogP contribution in [0, 0.1) is 0 Å². The van der Waals surface area contributed by atoms with Crippen LogP contribution in [0.3, 0.4) is 0 Å². The van der Waals surface area contributed by atoms with E-state index in [-0.39, 0.29) is 5.78 Å². The third kappa shape index (κ3) is 5.31. The first-order valence-corrected chi connectivity index (χ1v) is 7.04. The zero-order chi connectivity index (χ0) is 15.1. The van der Waals surface area contributed by atoms with Gasteiger partial charge in [-0.2, -0.15) is 0 Å². The van der Waals surface area contributed by atoms with Crippen LogP contribution in [-0.4, -0.2) is 56.4 Å². The highest BCUT2D eigenvalue weighted by Gasteiger charge is 2.10. The fraction of sp³-hybridized carbons (Fsp3) is 0.562. The van der Waals surface area contributed by atoms with Crippen LogP contribution in [0.25, 0.3) is 0 Å². The number of hydrogen-bond donors (Lipinski definition) is 0. The molecule has 0 aliphatic rings. The molecular formula is C16H26N2O2. The van der Waals surface area contributed by atoms with Gasteiger partial charge in [0.05, 0.1) is 6.61 Å². The van der Waals surface area contributed by atoms with E-state index in [1.165, 1.54) is 0 Å². The molecule has 1 aromatic rings. The van der Waals surface area contributed by atoms with Gasteiger partial charge in [0.25, 0.3) is 0 Å². The molecule has 1 aromatic carbocycles. The second-order valence-electron chi connectivity index (χ2n) is 5.35. The van der Waals surface area contributed by atoms with Crippen molar-refractivity contribution in [2.24, 2.45) is 0 Å². The van der Waals surface area contributed by atoms with Crippen molar-refractivity contribution in [1.82, 2.24) is 9.80 Å². The zero-order valence-electron chi connectivity index (χ0n) is 13.3. The fourth-order valence-corrected chi connectivity index (χ4v) is 1.96. The van der Waals surface area contributed by atoms with Crippen LogP contribution in [0.2, 0.25) is 0 Å². The molecule has 0 heterocycles. The lowest BCUT2D eigenvalue weighted by molar-refractivity contribution is 0.101. The summed E-state index contributed by atoms with van der Waals surface area (Å²) in [6.07, 6.45) is 0. The van der Waals surface area contributed by atoms with E-state index in [9.17, 15) is 4.79 Å². The summed E-state index contributed by atoms with van der Waals surface area (Å²) in [6.45, 7) is 6.96. The number of benzene rings is 1. The Labute approximate surface area is 122 Å². The van der Waals surface area contributed by atoms with E-state index in [1.54, 1.807) is 6.92 Å². The predicted octanol–water partition coefficient (Wildman–Crippen LogP) is 2.28. The van der Waals surface area contributed by atoms with Gasteiger partial charge in [-0.15, -0.1) is 0 Å². The molecule has 0 saturated carbocycles. The van der Waals surface area contributed by atoms with E-state index >= 15 is 0 Å². The van der Waals surface area contributed by atoms with Crippen molar-refractivity contribution < 1.29 is 9.53 Å². The molecule has 0 N–H and O–H groups in total. The molecule has 4 nitrogen and oxygen atoms in total. The van der Waals surface area contributed by atoms with Gasteiger partial charge in [0.15, 0.2) is 5.78 Å². The number of carbonyl (C=O) groups excluding carboxylic acids is 1. The molecule has 0 aliphatic heterocycles. The van der Waals surface area contributed by atoms with Crippen molar-refractivity contribution in [3.63, 3.8) is 0 Å². The number of carbonyl (C=O) groups is 1. The minimum Gasteiger partial charge on any atom is -0.494 e. The van der Waals surface area contributed by atoms with Gasteiger partial charge in [-0.25, -0.2) is 0 Å². The molecule has 4 heteroatoms. The molecular weight excluding hydrogens is 252 g/mol. The molecule has 0 aromatic heterocycles. The summed E-state index contributed by atoms with van der Waals surface area (Å²) in [5.74, 6) is 0.958. The number of Topliss-reactive ketones (excluding diaryl/α,β-unsaturated/α-hetero) is 1. The largest absolute Gasteiger partial charge is 0.494 e. The SMILES string of the molecule is CCOc1ccc(C(C)=O)cc1CN(C)CCN(C)C. The summed E-state index contributed by atoms with van der Waals surface area (Å²) in [4.78, 5) is 15.9. The van der Waals surface area contributed by atoms with Crippen molar-refractivity contribution in [2.45, 2.75) is 20.4 Å². The lowest BCUT2D eigenvalue weighted by Gasteiger charge is -2.21. The summed E-state index contributed by atoms with van der Waals surface area (Å²) in [6, 6.07) is 5.67. The number of nitrogens with zero attached hydrogens (tertiary/aromatic N) is 2. The van der Waals surface area contributed by atoms with Crippen molar-refractivity contribution in [1.29, 1.82) is 0 Å². The Kier molecular flexibility index (Phi) is 6.68. The number of likely N-dealkylation sites (N-methyl/N-ethyl adjacent to an activating group) is 2. The van der Waals surface area contributed by atoms with Gasteiger partial charge in [0.1, 0.15) is 5.75 Å². The fourth-order valence-electron chi connectivity index (χ4n) is 1.96. The monoisotopic (exact) mass is 278 g/mol. The van der Waals surface area contributed by atoms with Crippen LogP contribution < -0.4 is 4.74 Å². The molecule has 112 valence electrons. The molecule has 0 spiro atoms. The lowest BCUT2D eigenvalue weighted by Crippen LogP contribution is -2.28. The highest BCUT2D eigenvalue weighted by molar-refractivity contribution is 5.94. The molecule has 1 rings (SSSR count). The van der Waals surface area contributed by atoms with Crippen LogP contribution in [0.5, 0.6) is 5.75 Å². The maximum Gasteiger partial charge on any atom is 0.159 e. The Morgan fingerprint density at radius 3 is 2.45 bits per heavy atom. The van der Waals surface area contributed by atoms with Crippen molar-refractivity contribution >= 4 is 5.78 Å². The Morgan fingerprint density at radius 1 is 1.20 bits per heavy atom. The maximum atomic E-state index is 11.5. The van der Waals surface area contributed by atoms with Gasteiger partial charge in [-0.3, -0.25) is 4.79 Å². The van der Waals surface area contributed by atoms with Crippen LogP contribution in [0.15, 0.2) is 18.2 Å². The molecule has 0 amide bonds. The van der Waals surface area contributed by atoms with Crippen LogP contribution >= 0.6 is 0 Å². The van der Waals surface area contributed by atoms with E-state index in [1.807, 2.05) is 25.1 Å². The Morgan fingerprint density at radius 2 is 1.90 bits per heavy atom. The van der Waals surface area contributed by atoms with Gasteiger partial charge >= 0.3 is 0 Å². The minimum absolute atomic E-state index is 0.0882. The van der Waals surface area contributed by atoms with E-state index in [0.29, 0.717) is 6.61 Å². The van der Waals surface area contributed by atoms with Gasteiger partial charge in [-0.05, 0) is 53.2 Å². The first-order valence-electron chi connectivity index (χ1n) is 7.04. The zero-order valence-corrected chi connectivity index (χ0v) is 13.3. The second kappa shape index (κ2) is 8.02. The third-order valence-corrected chi connectivity index (χ3v) is 3.14. The molecule has 0 bridgehead atoms. The quantitative estimate of drug-likeness (QED) is 0.683. The summed E-state index contributed by atoms with van der Waals surface area (Å²) in [7, 11) is 6.21. The van der Waals surface area contributed by atoms with E-state index in [0.717, 1.165) is 36.5 Å². The van der Waals surface area contributed by atoms with E-state index in [4.69, 9.17) is 4.74 Å². The van der Waals surface area contributed by atoms with Crippen LogP contribution in [0.1, 0.15) is 29.8 Å². The Bertz CT molecular complexity index is 444. The number of hydrogen-bond acceptors (Lipinski definition) is 4. The summed E-state index contributed by atoms with van der Waals surface area (Å²) >= 11 is 0. The van der Waals surface area contributed by atoms with E-state index < -0.39 is 0 Å². The van der Waals surface area contributed by atoms with Crippen LogP contribution in [-0.2, 0) is 6.54 Å². The first-order chi connectivity index (χ1) is 9.43. The molecule has 0 fully saturated rings. The van der Waals surface area contributed by atoms with Gasteiger partial charge in [0, 0.05) is 30.8 Å². The van der Waals surface area contributed by atoms with Crippen molar-refractivity contribution in [2.75, 3.05) is 40.8 Å². The average molecular weight is 278 g/mol. The van der Waals surface area contributed by atoms with Gasteiger partial charge in [0.2, 0.25) is 0 Å². The Hall–Kier alpha value is -1.39. The maximum absolute atomic E-state index is 11.5. The molecule has 0 unspecified atom stereocenters. The number of ketones is 1. The predicted molar refractivity (Wildman–Crippen MR) is 82.5 cm³/mol. The smallest absolute Gasteiger partial charge is 0.159 e. The summed E-state index contributed by atoms with van der Waals surface area (Å²) in [5.41, 5.74) is 1.81. The number of ether oxygens (including phenoxy) is 1. The number of rotatable bonds is 8. The van der Waals surface area contributed by atoms with Gasteiger partial charge in [-0.1, -0.05) is 0 Å². The van der Waals surface area contributed by atoms with Crippen molar-refractivity contribution in [3.8, 4) is 5.75 Å². The topological polar surface area (TPSA) is 32.8 Å². The first kappa shape index (κ1) is 16.7. The average Bonchev–Trinajstić information content (AvgIpc) is 2.38. The second-order valence-corrected chi connectivity index (χ2v) is 5.35. The summed E-state index contributed by atoms with van der Waals surface area (Å²) < 4.78 is 5.65. The molecule has 0 saturated heterocycles. The molecule has 20 heavy (non-hydrogen) atoms. The van der Waals surface area contributed by atoms with E-state index in [2.05, 4.69) is 30.9 Å². The highest BCUT2D eigenvalue weighted by atomic mass is 16.5. The minimum atomic E-state index is 0.0882. The molecule has 0 aliphatic carbocycles. The third-order valence-electron chi connectivity index (χ3n) is 3.14. The molecule has 0 radical (unpaired) electrons. The standard InChI is InChI=1S/C16H26N2O2/c1-6-20-16-8-7-14(13(2)19)11-15(16)12-18(5)10-9-17(3)4/h7-8,11H,6,9-10,12H2,1-5H3. The highest BCUT2D eigenvalue weighted by Crippen LogP contribution is 2.22. The normalized spacial score (nSPS) is 11.2. The summed E-state index contributed by atoms with van der Waals surface area (Å²) in [5, 5.41) is 0. The van der Waals surface area contributed by atoms with Crippen LogP contribution in [0.4, 0.5) is 0 Å². The van der Waals surface area contributed by atoms with Gasteiger partial charge < -0.3 is 14.5 Å². The lowest BCUT2D eigenvalue weighted by atomic mass is 10.1.